The van der Waals surface area contributed by atoms with E-state index in [0.29, 0.717) is 39.2 Å². The highest BCUT2D eigenvalue weighted by Gasteiger charge is 2.23. The molecular weight excluding hydrogens is 488 g/mol. The van der Waals surface area contributed by atoms with E-state index < -0.39 is 0 Å². The second kappa shape index (κ2) is 9.61. The van der Waals surface area contributed by atoms with Crippen LogP contribution in [0.2, 0.25) is 0 Å². The van der Waals surface area contributed by atoms with Gasteiger partial charge in [0.2, 0.25) is 24.3 Å². The molecule has 11 heteroatoms. The first kappa shape index (κ1) is 22.6. The minimum absolute atomic E-state index is 0.0284. The Morgan fingerprint density at radius 2 is 2.06 bits per heavy atom. The fraction of sp³-hybridized carbons (Fsp3) is 0.167. The number of thiazole rings is 1. The van der Waals surface area contributed by atoms with Crippen molar-refractivity contribution >= 4 is 46.9 Å². The number of hydrogen-bond acceptors (Lipinski definition) is 10. The van der Waals surface area contributed by atoms with Crippen LogP contribution in [0.25, 0.3) is 6.08 Å². The van der Waals surface area contributed by atoms with Gasteiger partial charge in [-0.3, -0.25) is 4.57 Å². The molecule has 9 nitrogen and oxygen atoms in total. The van der Waals surface area contributed by atoms with Gasteiger partial charge >= 0.3 is 0 Å². The van der Waals surface area contributed by atoms with E-state index >= 15 is 0 Å². The highest BCUT2D eigenvalue weighted by atomic mass is 32.1. The van der Waals surface area contributed by atoms with Crippen LogP contribution in [0.4, 0.5) is 5.69 Å². The van der Waals surface area contributed by atoms with Gasteiger partial charge < -0.3 is 24.1 Å². The summed E-state index contributed by atoms with van der Waals surface area (Å²) in [5.41, 5.74) is 1.51. The summed E-state index contributed by atoms with van der Waals surface area (Å²) in [5, 5.41) is 20.3. The van der Waals surface area contributed by atoms with E-state index in [1.807, 2.05) is 31.2 Å². The normalized spacial score (nSPS) is 16.3. The Bertz CT molecular complexity index is 1480. The fourth-order valence-electron chi connectivity index (χ4n) is 3.42. The molecule has 2 aromatic carbocycles. The molecule has 0 fully saturated rings. The first-order valence-electron chi connectivity index (χ1n) is 10.6. The molecule has 0 radical (unpaired) electrons. The van der Waals surface area contributed by atoms with Crippen molar-refractivity contribution < 1.29 is 24.1 Å². The molecule has 2 aliphatic rings. The smallest absolute Gasteiger partial charge is 0.258 e. The third-order valence-electron chi connectivity index (χ3n) is 5.04. The third kappa shape index (κ3) is 4.75. The summed E-state index contributed by atoms with van der Waals surface area (Å²) in [6.07, 6.45) is 1.53. The number of nitrogens with zero attached hydrogens (tertiary/aromatic N) is 4. The highest BCUT2D eigenvalue weighted by molar-refractivity contribution is 7.73. The maximum atomic E-state index is 10.8. The number of fused-ring (bicyclic) bond motifs is 1. The van der Waals surface area contributed by atoms with Gasteiger partial charge in [0.15, 0.2) is 15.5 Å². The number of aliphatic imine (C=N–C) groups is 2. The van der Waals surface area contributed by atoms with E-state index in [-0.39, 0.29) is 30.2 Å². The molecule has 3 aromatic rings. The summed E-state index contributed by atoms with van der Waals surface area (Å²) < 4.78 is 24.0. The van der Waals surface area contributed by atoms with Gasteiger partial charge in [-0.1, -0.05) is 6.07 Å². The molecule has 2 aliphatic heterocycles. The van der Waals surface area contributed by atoms with E-state index in [9.17, 15) is 10.4 Å². The van der Waals surface area contributed by atoms with Crippen molar-refractivity contribution in [3.05, 3.63) is 62.7 Å². The molecular formula is C24H18N4O5S2. The van der Waals surface area contributed by atoms with Crippen molar-refractivity contribution in [3.8, 4) is 29.2 Å². The zero-order valence-electron chi connectivity index (χ0n) is 18.4. The van der Waals surface area contributed by atoms with Crippen molar-refractivity contribution in [1.82, 2.24) is 4.57 Å². The van der Waals surface area contributed by atoms with Crippen LogP contribution in [0.1, 0.15) is 17.4 Å². The molecule has 1 N–H and O–H groups in total. The van der Waals surface area contributed by atoms with Gasteiger partial charge in [0.1, 0.15) is 11.8 Å². The summed E-state index contributed by atoms with van der Waals surface area (Å²) >= 11 is 6.66. The van der Waals surface area contributed by atoms with Gasteiger partial charge in [-0.25, -0.2) is 4.99 Å². The number of ether oxygens (including phenoxy) is 4. The van der Waals surface area contributed by atoms with E-state index in [0.717, 1.165) is 11.3 Å². The van der Waals surface area contributed by atoms with Crippen LogP contribution >= 0.6 is 23.6 Å². The Morgan fingerprint density at radius 3 is 2.83 bits per heavy atom. The van der Waals surface area contributed by atoms with Crippen LogP contribution in [-0.2, 0) is 11.3 Å². The van der Waals surface area contributed by atoms with Gasteiger partial charge in [-0.15, -0.1) is 11.3 Å². The topological polar surface area (TPSA) is 111 Å². The molecule has 1 aromatic heterocycles. The van der Waals surface area contributed by atoms with Gasteiger partial charge in [-0.2, -0.15) is 10.3 Å². The zero-order valence-corrected chi connectivity index (χ0v) is 20.1. The Hall–Kier alpha value is -4.14. The van der Waals surface area contributed by atoms with E-state index in [1.165, 1.54) is 17.4 Å². The lowest BCUT2D eigenvalue weighted by Crippen LogP contribution is -2.07. The van der Waals surface area contributed by atoms with Gasteiger partial charge in [0.25, 0.3) is 5.90 Å². The molecule has 0 bridgehead atoms. The summed E-state index contributed by atoms with van der Waals surface area (Å²) in [5.74, 6) is 2.24. The van der Waals surface area contributed by atoms with E-state index in [1.54, 1.807) is 28.8 Å². The zero-order chi connectivity index (χ0) is 24.4. The molecule has 0 atom stereocenters. The van der Waals surface area contributed by atoms with Crippen LogP contribution in [0.3, 0.4) is 0 Å². The molecule has 0 spiro atoms. The average Bonchev–Trinajstić information content (AvgIpc) is 3.55. The monoisotopic (exact) mass is 506 g/mol. The van der Waals surface area contributed by atoms with Gasteiger partial charge in [0, 0.05) is 6.08 Å². The van der Waals surface area contributed by atoms with Crippen molar-refractivity contribution in [2.75, 3.05) is 13.4 Å². The Labute approximate surface area is 209 Å². The molecule has 35 heavy (non-hydrogen) atoms. The van der Waals surface area contributed by atoms with Crippen LogP contribution in [0.5, 0.6) is 23.1 Å². The van der Waals surface area contributed by atoms with E-state index in [2.05, 4.69) is 9.98 Å². The van der Waals surface area contributed by atoms with Crippen LogP contribution in [-0.4, -0.2) is 34.7 Å². The lowest BCUT2D eigenvalue weighted by Gasteiger charge is -2.06. The molecule has 5 rings (SSSR count). The molecule has 0 amide bonds. The fourth-order valence-corrected chi connectivity index (χ4v) is 4.65. The summed E-state index contributed by atoms with van der Waals surface area (Å²) in [4.78, 5) is 9.01. The molecule has 176 valence electrons. The minimum atomic E-state index is -0.0284. The largest absolute Gasteiger partial charge is 0.494 e. The Kier molecular flexibility index (Phi) is 6.22. The second-order valence-corrected chi connectivity index (χ2v) is 9.01. The SMILES string of the molecule is CCOc1ccc(N=C2O/C(=C\c3sc(=S)n(Cc4ccc5c(c4)OCO5)c3O)N=C2C#N)cc1. The maximum Gasteiger partial charge on any atom is 0.258 e. The Morgan fingerprint density at radius 1 is 1.26 bits per heavy atom. The number of hydrogen-bond donors (Lipinski definition) is 1. The highest BCUT2D eigenvalue weighted by Crippen LogP contribution is 2.35. The number of benzene rings is 2. The number of nitriles is 1. The van der Waals surface area contributed by atoms with Crippen LogP contribution in [0.15, 0.2) is 58.3 Å². The Balaban J connectivity index is 1.37. The molecule has 0 aliphatic carbocycles. The van der Waals surface area contributed by atoms with Crippen molar-refractivity contribution in [2.24, 2.45) is 9.98 Å². The minimum Gasteiger partial charge on any atom is -0.494 e. The first-order chi connectivity index (χ1) is 17.0. The number of rotatable bonds is 6. The standard InChI is InChI=1S/C24H18N4O5S2/c1-2-30-16-6-4-15(5-7-16)26-22-17(11-25)27-21(33-22)10-20-23(29)28(24(34)35-20)12-14-3-8-18-19(9-14)32-13-31-18/h3-10,29H,2,12-13H2,1H3/b21-10-,26-22?. The lowest BCUT2D eigenvalue weighted by atomic mass is 10.2. The van der Waals surface area contributed by atoms with Crippen LogP contribution in [0, 0.1) is 15.3 Å². The first-order valence-corrected chi connectivity index (χ1v) is 11.8. The van der Waals surface area contributed by atoms with Gasteiger partial charge in [0.05, 0.1) is 23.7 Å². The molecule has 0 saturated carbocycles. The predicted octanol–water partition coefficient (Wildman–Crippen LogP) is 5.18. The van der Waals surface area contributed by atoms with Crippen molar-refractivity contribution in [2.45, 2.75) is 13.5 Å². The summed E-state index contributed by atoms with van der Waals surface area (Å²) in [6.45, 7) is 3.01. The average molecular weight is 507 g/mol. The number of aromatic hydroxyl groups is 1. The van der Waals surface area contributed by atoms with Crippen molar-refractivity contribution in [1.29, 1.82) is 5.26 Å². The quantitative estimate of drug-likeness (QED) is 0.459. The predicted molar refractivity (Wildman–Crippen MR) is 133 cm³/mol. The number of aromatic nitrogens is 1. The summed E-state index contributed by atoms with van der Waals surface area (Å²) in [6, 6.07) is 14.6. The molecule has 3 heterocycles. The van der Waals surface area contributed by atoms with Crippen LogP contribution < -0.4 is 14.2 Å². The molecule has 0 saturated heterocycles. The van der Waals surface area contributed by atoms with E-state index in [4.69, 9.17) is 31.2 Å². The maximum absolute atomic E-state index is 10.8. The second-order valence-electron chi connectivity index (χ2n) is 7.33. The third-order valence-corrected chi connectivity index (χ3v) is 6.42. The van der Waals surface area contributed by atoms with Gasteiger partial charge in [-0.05, 0) is 61.1 Å². The van der Waals surface area contributed by atoms with Crippen molar-refractivity contribution in [3.63, 3.8) is 0 Å². The summed E-state index contributed by atoms with van der Waals surface area (Å²) in [7, 11) is 0. The molecule has 0 unspecified atom stereocenters. The lowest BCUT2D eigenvalue weighted by molar-refractivity contribution is 0.174.